The Balaban J connectivity index is 1.51. The van der Waals surface area contributed by atoms with Gasteiger partial charge >= 0.3 is 0 Å². The quantitative estimate of drug-likeness (QED) is 0.243. The van der Waals surface area contributed by atoms with E-state index in [-0.39, 0.29) is 26.7 Å². The average Bonchev–Trinajstić information content (AvgIpc) is 2.93. The van der Waals surface area contributed by atoms with E-state index in [0.29, 0.717) is 17.2 Å². The number of amides is 1. The Kier molecular flexibility index (Phi) is 8.31. The van der Waals surface area contributed by atoms with Gasteiger partial charge in [-0.2, -0.15) is 0 Å². The molecule has 0 spiro atoms. The van der Waals surface area contributed by atoms with Crippen molar-refractivity contribution in [3.63, 3.8) is 0 Å². The number of carbonyl (C=O) groups excluding carboxylic acids is 1. The second kappa shape index (κ2) is 11.7. The van der Waals surface area contributed by atoms with Crippen LogP contribution in [-0.2, 0) is 20.0 Å². The molecule has 0 aromatic heterocycles. The van der Waals surface area contributed by atoms with E-state index < -0.39 is 26.0 Å². The van der Waals surface area contributed by atoms with Crippen LogP contribution in [-0.4, -0.2) is 37.0 Å². The summed E-state index contributed by atoms with van der Waals surface area (Å²) >= 11 is 0. The first-order chi connectivity index (χ1) is 19.0. The molecule has 0 heterocycles. The van der Waals surface area contributed by atoms with Crippen LogP contribution in [0.4, 0.5) is 17.1 Å². The van der Waals surface area contributed by atoms with Crippen molar-refractivity contribution in [1.82, 2.24) is 0 Å². The van der Waals surface area contributed by atoms with Gasteiger partial charge in [-0.3, -0.25) is 14.2 Å². The predicted molar refractivity (Wildman–Crippen MR) is 153 cm³/mol. The van der Waals surface area contributed by atoms with Crippen LogP contribution in [0.25, 0.3) is 0 Å². The maximum absolute atomic E-state index is 13.1. The van der Waals surface area contributed by atoms with Crippen LogP contribution >= 0.6 is 0 Å². The number of sulfonamides is 2. The molecule has 10 nitrogen and oxygen atoms in total. The summed E-state index contributed by atoms with van der Waals surface area (Å²) in [6.07, 6.45) is 0. The summed E-state index contributed by atoms with van der Waals surface area (Å²) in [4.78, 5) is 13.1. The van der Waals surface area contributed by atoms with E-state index in [1.165, 1.54) is 68.8 Å². The third kappa shape index (κ3) is 6.53. The number of para-hydroxylation sites is 1. The van der Waals surface area contributed by atoms with Gasteiger partial charge < -0.3 is 14.8 Å². The number of methoxy groups -OCH3 is 2. The van der Waals surface area contributed by atoms with Gasteiger partial charge in [0.2, 0.25) is 0 Å². The smallest absolute Gasteiger partial charge is 0.262 e. The van der Waals surface area contributed by atoms with Gasteiger partial charge in [0, 0.05) is 11.8 Å². The summed E-state index contributed by atoms with van der Waals surface area (Å²) in [5, 5.41) is 2.67. The highest BCUT2D eigenvalue weighted by Crippen LogP contribution is 2.31. The van der Waals surface area contributed by atoms with E-state index >= 15 is 0 Å². The second-order valence-electron chi connectivity index (χ2n) is 8.61. The number of rotatable bonds is 10. The summed E-state index contributed by atoms with van der Waals surface area (Å²) in [6, 6.07) is 22.7. The van der Waals surface area contributed by atoms with Gasteiger partial charge in [-0.1, -0.05) is 29.8 Å². The minimum Gasteiger partial charge on any atom is -0.497 e. The topological polar surface area (TPSA) is 140 Å². The van der Waals surface area contributed by atoms with Crippen LogP contribution in [0.1, 0.15) is 15.9 Å². The minimum absolute atomic E-state index is 0.0540. The van der Waals surface area contributed by atoms with Crippen molar-refractivity contribution in [3.8, 4) is 11.5 Å². The summed E-state index contributed by atoms with van der Waals surface area (Å²) < 4.78 is 67.0. The molecule has 40 heavy (non-hydrogen) atoms. The highest BCUT2D eigenvalue weighted by Gasteiger charge is 2.20. The first kappa shape index (κ1) is 28.5. The number of benzene rings is 4. The van der Waals surface area contributed by atoms with Crippen LogP contribution < -0.4 is 24.2 Å². The van der Waals surface area contributed by atoms with Gasteiger partial charge in [0.05, 0.1) is 40.9 Å². The van der Waals surface area contributed by atoms with E-state index in [0.717, 1.165) is 5.56 Å². The van der Waals surface area contributed by atoms with Crippen LogP contribution in [0.3, 0.4) is 0 Å². The molecule has 0 aliphatic carbocycles. The number of nitrogens with one attached hydrogen (secondary N) is 3. The number of hydrogen-bond acceptors (Lipinski definition) is 7. The molecule has 0 saturated heterocycles. The molecule has 0 bridgehead atoms. The highest BCUT2D eigenvalue weighted by atomic mass is 32.2. The molecule has 0 aliphatic rings. The zero-order valence-corrected chi connectivity index (χ0v) is 23.5. The second-order valence-corrected chi connectivity index (χ2v) is 12.0. The van der Waals surface area contributed by atoms with Gasteiger partial charge in [0.15, 0.2) is 0 Å². The first-order valence-corrected chi connectivity index (χ1v) is 14.8. The van der Waals surface area contributed by atoms with Crippen molar-refractivity contribution < 1.29 is 31.1 Å². The fourth-order valence-electron chi connectivity index (χ4n) is 3.70. The fraction of sp³-hybridized carbons (Fsp3) is 0.107. The summed E-state index contributed by atoms with van der Waals surface area (Å²) in [7, 11) is -5.05. The summed E-state index contributed by atoms with van der Waals surface area (Å²) in [5.74, 6) is 0.167. The minimum atomic E-state index is -4.00. The van der Waals surface area contributed by atoms with Gasteiger partial charge in [-0.25, -0.2) is 16.8 Å². The maximum atomic E-state index is 13.1. The summed E-state index contributed by atoms with van der Waals surface area (Å²) in [6.45, 7) is 1.85. The molecule has 4 aromatic rings. The average molecular weight is 582 g/mol. The van der Waals surface area contributed by atoms with Crippen LogP contribution in [0.15, 0.2) is 101 Å². The van der Waals surface area contributed by atoms with Crippen molar-refractivity contribution >= 4 is 43.0 Å². The van der Waals surface area contributed by atoms with Crippen molar-refractivity contribution in [2.24, 2.45) is 0 Å². The van der Waals surface area contributed by atoms with E-state index in [4.69, 9.17) is 9.47 Å². The Morgan fingerprint density at radius 2 is 1.25 bits per heavy atom. The van der Waals surface area contributed by atoms with Crippen molar-refractivity contribution in [3.05, 3.63) is 102 Å². The Bertz CT molecular complexity index is 1740. The molecule has 4 rings (SSSR count). The summed E-state index contributed by atoms with van der Waals surface area (Å²) in [5.41, 5.74) is 1.59. The lowest BCUT2D eigenvalue weighted by atomic mass is 10.1. The fourth-order valence-corrected chi connectivity index (χ4v) is 5.85. The van der Waals surface area contributed by atoms with Crippen LogP contribution in [0.5, 0.6) is 11.5 Å². The lowest BCUT2D eigenvalue weighted by molar-refractivity contribution is 0.102. The third-order valence-corrected chi connectivity index (χ3v) is 8.58. The van der Waals surface area contributed by atoms with Crippen LogP contribution in [0.2, 0.25) is 0 Å². The Morgan fingerprint density at radius 1 is 0.675 bits per heavy atom. The molecule has 0 fully saturated rings. The largest absolute Gasteiger partial charge is 0.497 e. The molecule has 0 atom stereocenters. The number of anilines is 3. The monoisotopic (exact) mass is 581 g/mol. The number of ether oxygens (including phenoxy) is 2. The zero-order valence-electron chi connectivity index (χ0n) is 21.8. The Hall–Kier alpha value is -4.55. The van der Waals surface area contributed by atoms with Crippen molar-refractivity contribution in [2.75, 3.05) is 29.0 Å². The van der Waals surface area contributed by atoms with Gasteiger partial charge in [0.25, 0.3) is 26.0 Å². The van der Waals surface area contributed by atoms with Gasteiger partial charge in [0.1, 0.15) is 11.5 Å². The van der Waals surface area contributed by atoms with E-state index in [1.54, 1.807) is 36.4 Å². The SMILES string of the molecule is COc1ccc(OC)c(NS(=O)(=O)c2ccc(NC(=O)c3ccccc3NS(=O)(=O)c3ccc(C)cc3)cc2)c1. The number of carbonyl (C=O) groups is 1. The molecular weight excluding hydrogens is 554 g/mol. The third-order valence-electron chi connectivity index (χ3n) is 5.82. The van der Waals surface area contributed by atoms with E-state index in [1.807, 2.05) is 6.92 Å². The van der Waals surface area contributed by atoms with Crippen molar-refractivity contribution in [1.29, 1.82) is 0 Å². The predicted octanol–water partition coefficient (Wildman–Crippen LogP) is 4.87. The number of hydrogen-bond donors (Lipinski definition) is 3. The van der Waals surface area contributed by atoms with Crippen molar-refractivity contribution in [2.45, 2.75) is 16.7 Å². The van der Waals surface area contributed by atoms with E-state index in [2.05, 4.69) is 14.8 Å². The first-order valence-electron chi connectivity index (χ1n) is 11.9. The molecule has 3 N–H and O–H groups in total. The lowest BCUT2D eigenvalue weighted by Gasteiger charge is -2.14. The molecule has 12 heteroatoms. The molecule has 0 unspecified atom stereocenters. The van der Waals surface area contributed by atoms with Gasteiger partial charge in [-0.05, 0) is 67.6 Å². The highest BCUT2D eigenvalue weighted by molar-refractivity contribution is 7.93. The number of aryl methyl sites for hydroxylation is 1. The lowest BCUT2D eigenvalue weighted by Crippen LogP contribution is -2.18. The Morgan fingerprint density at radius 3 is 1.85 bits per heavy atom. The normalized spacial score (nSPS) is 11.4. The van der Waals surface area contributed by atoms with Crippen LogP contribution in [0, 0.1) is 6.92 Å². The molecule has 0 saturated carbocycles. The van der Waals surface area contributed by atoms with Gasteiger partial charge in [-0.15, -0.1) is 0 Å². The molecular formula is C28H27N3O7S2. The molecule has 1 amide bonds. The maximum Gasteiger partial charge on any atom is 0.262 e. The Labute approximate surface area is 233 Å². The zero-order chi connectivity index (χ0) is 28.9. The standard InChI is InChI=1S/C28H27N3O7S2/c1-19-8-13-22(14-9-19)39(33,34)30-25-7-5-4-6-24(25)28(32)29-20-10-15-23(16-11-20)40(35,36)31-26-18-21(37-2)12-17-27(26)38-3/h4-18,30-31H,1-3H3,(H,29,32). The molecule has 4 aromatic carbocycles. The van der Waals surface area contributed by atoms with E-state index in [9.17, 15) is 21.6 Å². The molecule has 0 radical (unpaired) electrons. The molecule has 0 aliphatic heterocycles. The molecule has 208 valence electrons.